The zero-order valence-corrected chi connectivity index (χ0v) is 10.8. The first-order valence-corrected chi connectivity index (χ1v) is 6.52. The van der Waals surface area contributed by atoms with Crippen LogP contribution in [0.5, 0.6) is 0 Å². The Hall–Kier alpha value is -1.09. The second kappa shape index (κ2) is 5.50. The predicted octanol–water partition coefficient (Wildman–Crippen LogP) is 3.14. The molecular formula is C13H17ClN2O. The number of rotatable bonds is 3. The van der Waals surface area contributed by atoms with Gasteiger partial charge in [0.15, 0.2) is 0 Å². The largest absolute Gasteiger partial charge is 0.336 e. The lowest BCUT2D eigenvalue weighted by atomic mass is 10.1. The summed E-state index contributed by atoms with van der Waals surface area (Å²) in [6.07, 6.45) is 7.81. The van der Waals surface area contributed by atoms with Crippen molar-refractivity contribution >= 4 is 17.5 Å². The number of carbonyl (C=O) groups is 1. The maximum atomic E-state index is 12.4. The summed E-state index contributed by atoms with van der Waals surface area (Å²) < 4.78 is 0. The van der Waals surface area contributed by atoms with E-state index in [2.05, 4.69) is 4.98 Å². The number of hydrogen-bond donors (Lipinski definition) is 0. The Morgan fingerprint density at radius 2 is 2.24 bits per heavy atom. The second-order valence-electron chi connectivity index (χ2n) is 4.38. The highest BCUT2D eigenvalue weighted by molar-refractivity contribution is 6.33. The summed E-state index contributed by atoms with van der Waals surface area (Å²) in [5.41, 5.74) is 0.565. The molecule has 1 aromatic rings. The summed E-state index contributed by atoms with van der Waals surface area (Å²) in [4.78, 5) is 18.2. The van der Waals surface area contributed by atoms with Gasteiger partial charge in [0.05, 0.1) is 10.6 Å². The lowest BCUT2D eigenvalue weighted by molar-refractivity contribution is 0.0693. The van der Waals surface area contributed by atoms with Gasteiger partial charge in [0.25, 0.3) is 5.91 Å². The molecule has 2 rings (SSSR count). The molecule has 1 fully saturated rings. The van der Waals surface area contributed by atoms with Crippen LogP contribution in [0.4, 0.5) is 0 Å². The number of hydrogen-bond acceptors (Lipinski definition) is 2. The summed E-state index contributed by atoms with van der Waals surface area (Å²) >= 11 is 6.02. The van der Waals surface area contributed by atoms with Gasteiger partial charge >= 0.3 is 0 Å². The number of aromatic nitrogens is 1. The Morgan fingerprint density at radius 1 is 1.53 bits per heavy atom. The molecule has 4 heteroatoms. The van der Waals surface area contributed by atoms with E-state index in [1.165, 1.54) is 19.0 Å². The summed E-state index contributed by atoms with van der Waals surface area (Å²) in [5.74, 6) is 0.0341. The number of amides is 1. The summed E-state index contributed by atoms with van der Waals surface area (Å²) in [5, 5.41) is 0.439. The normalized spacial score (nSPS) is 16.1. The van der Waals surface area contributed by atoms with Crippen LogP contribution in [-0.4, -0.2) is 28.4 Å². The highest BCUT2D eigenvalue weighted by atomic mass is 35.5. The van der Waals surface area contributed by atoms with Gasteiger partial charge in [-0.15, -0.1) is 0 Å². The Balaban J connectivity index is 2.20. The number of halogens is 1. The van der Waals surface area contributed by atoms with E-state index in [0.29, 0.717) is 16.6 Å². The third-order valence-corrected chi connectivity index (χ3v) is 3.67. The molecule has 0 radical (unpaired) electrons. The molecule has 0 spiro atoms. The number of carbonyl (C=O) groups excluding carboxylic acids is 1. The van der Waals surface area contributed by atoms with E-state index < -0.39 is 0 Å². The smallest absolute Gasteiger partial charge is 0.255 e. The van der Waals surface area contributed by atoms with Crippen molar-refractivity contribution in [2.45, 2.75) is 38.6 Å². The lowest BCUT2D eigenvalue weighted by Crippen LogP contribution is -2.38. The average molecular weight is 253 g/mol. The van der Waals surface area contributed by atoms with Crippen molar-refractivity contribution in [3.05, 3.63) is 29.0 Å². The van der Waals surface area contributed by atoms with Gasteiger partial charge in [-0.05, 0) is 25.8 Å². The van der Waals surface area contributed by atoms with Gasteiger partial charge < -0.3 is 4.90 Å². The third-order valence-electron chi connectivity index (χ3n) is 3.37. The summed E-state index contributed by atoms with van der Waals surface area (Å²) in [6.45, 7) is 2.76. The highest BCUT2D eigenvalue weighted by Crippen LogP contribution is 2.26. The molecule has 0 bridgehead atoms. The first kappa shape index (κ1) is 12.4. The molecule has 1 saturated carbocycles. The standard InChI is InChI=1S/C13H17ClN2O/c1-2-16(10-5-3-4-6-10)13(17)11-7-8-15-9-12(11)14/h7-10H,2-6H2,1H3. The Labute approximate surface area is 107 Å². The van der Waals surface area contributed by atoms with Crippen molar-refractivity contribution in [3.8, 4) is 0 Å². The van der Waals surface area contributed by atoms with Crippen LogP contribution < -0.4 is 0 Å². The van der Waals surface area contributed by atoms with Crippen molar-refractivity contribution in [1.29, 1.82) is 0 Å². The third kappa shape index (κ3) is 2.60. The topological polar surface area (TPSA) is 33.2 Å². The van der Waals surface area contributed by atoms with Crippen molar-refractivity contribution in [2.75, 3.05) is 6.54 Å². The fourth-order valence-electron chi connectivity index (χ4n) is 2.49. The SMILES string of the molecule is CCN(C(=O)c1ccncc1Cl)C1CCCC1. The fourth-order valence-corrected chi connectivity index (χ4v) is 2.69. The molecule has 1 aliphatic carbocycles. The summed E-state index contributed by atoms with van der Waals surface area (Å²) in [6, 6.07) is 2.08. The van der Waals surface area contributed by atoms with Gasteiger partial charge in [0.2, 0.25) is 0 Å². The first-order chi connectivity index (χ1) is 8.24. The number of pyridine rings is 1. The minimum atomic E-state index is 0.0341. The van der Waals surface area contributed by atoms with Crippen molar-refractivity contribution in [3.63, 3.8) is 0 Å². The van der Waals surface area contributed by atoms with E-state index in [4.69, 9.17) is 11.6 Å². The van der Waals surface area contributed by atoms with Crippen molar-refractivity contribution in [1.82, 2.24) is 9.88 Å². The van der Waals surface area contributed by atoms with Crippen LogP contribution in [0.3, 0.4) is 0 Å². The minimum absolute atomic E-state index is 0.0341. The monoisotopic (exact) mass is 252 g/mol. The summed E-state index contributed by atoms with van der Waals surface area (Å²) in [7, 11) is 0. The van der Waals surface area contributed by atoms with Crippen LogP contribution in [-0.2, 0) is 0 Å². The first-order valence-electron chi connectivity index (χ1n) is 6.14. The Bertz CT molecular complexity index is 402. The van der Waals surface area contributed by atoms with Crippen LogP contribution >= 0.6 is 11.6 Å². The van der Waals surface area contributed by atoms with Crippen molar-refractivity contribution < 1.29 is 4.79 Å². The molecule has 0 aromatic carbocycles. The molecule has 1 heterocycles. The van der Waals surface area contributed by atoms with Gasteiger partial charge in [-0.2, -0.15) is 0 Å². The van der Waals surface area contributed by atoms with E-state index in [1.54, 1.807) is 12.3 Å². The average Bonchev–Trinajstić information content (AvgIpc) is 2.84. The van der Waals surface area contributed by atoms with Crippen molar-refractivity contribution in [2.24, 2.45) is 0 Å². The molecule has 1 amide bonds. The predicted molar refractivity (Wildman–Crippen MR) is 68.2 cm³/mol. The van der Waals surface area contributed by atoms with Crippen LogP contribution in [0.1, 0.15) is 43.0 Å². The lowest BCUT2D eigenvalue weighted by Gasteiger charge is -2.28. The van der Waals surface area contributed by atoms with Gasteiger partial charge in [-0.1, -0.05) is 24.4 Å². The maximum Gasteiger partial charge on any atom is 0.255 e. The molecule has 0 aliphatic heterocycles. The molecule has 0 atom stereocenters. The second-order valence-corrected chi connectivity index (χ2v) is 4.79. The molecular weight excluding hydrogens is 236 g/mol. The van der Waals surface area contributed by atoms with Gasteiger partial charge in [-0.3, -0.25) is 9.78 Å². The zero-order chi connectivity index (χ0) is 12.3. The zero-order valence-electron chi connectivity index (χ0n) is 10.0. The van der Waals surface area contributed by atoms with E-state index >= 15 is 0 Å². The molecule has 1 aromatic heterocycles. The van der Waals surface area contributed by atoms with Gasteiger partial charge in [-0.25, -0.2) is 0 Å². The molecule has 0 unspecified atom stereocenters. The van der Waals surface area contributed by atoms with E-state index in [0.717, 1.165) is 19.4 Å². The fraction of sp³-hybridized carbons (Fsp3) is 0.538. The van der Waals surface area contributed by atoms with E-state index in [9.17, 15) is 4.79 Å². The van der Waals surface area contributed by atoms with Gasteiger partial charge in [0.1, 0.15) is 0 Å². The molecule has 0 N–H and O–H groups in total. The van der Waals surface area contributed by atoms with Crippen LogP contribution in [0.25, 0.3) is 0 Å². The number of nitrogens with zero attached hydrogens (tertiary/aromatic N) is 2. The molecule has 92 valence electrons. The molecule has 0 saturated heterocycles. The molecule has 17 heavy (non-hydrogen) atoms. The molecule has 1 aliphatic rings. The Kier molecular flexibility index (Phi) is 4.00. The van der Waals surface area contributed by atoms with Gasteiger partial charge in [0, 0.05) is 25.0 Å². The molecule has 3 nitrogen and oxygen atoms in total. The minimum Gasteiger partial charge on any atom is -0.336 e. The van der Waals surface area contributed by atoms with Crippen LogP contribution in [0, 0.1) is 0 Å². The van der Waals surface area contributed by atoms with Crippen LogP contribution in [0.2, 0.25) is 5.02 Å². The van der Waals surface area contributed by atoms with E-state index in [-0.39, 0.29) is 5.91 Å². The van der Waals surface area contributed by atoms with E-state index in [1.807, 2.05) is 11.8 Å². The quantitative estimate of drug-likeness (QED) is 0.828. The maximum absolute atomic E-state index is 12.4. The highest BCUT2D eigenvalue weighted by Gasteiger charge is 2.27. The van der Waals surface area contributed by atoms with Crippen LogP contribution in [0.15, 0.2) is 18.5 Å². The Morgan fingerprint density at radius 3 is 2.82 bits per heavy atom.